The van der Waals surface area contributed by atoms with Crippen LogP contribution in [0.25, 0.3) is 0 Å². The van der Waals surface area contributed by atoms with Gasteiger partial charge < -0.3 is 9.47 Å². The Balaban J connectivity index is 1.95. The molecule has 2 rings (SSSR count). The average molecular weight is 269 g/mol. The summed E-state index contributed by atoms with van der Waals surface area (Å²) >= 11 is 1.65. The van der Waals surface area contributed by atoms with Crippen molar-refractivity contribution in [2.45, 2.75) is 19.9 Å². The Morgan fingerprint density at radius 2 is 2.28 bits per heavy atom. The highest BCUT2D eigenvalue weighted by Gasteiger charge is 2.41. The van der Waals surface area contributed by atoms with Gasteiger partial charge in [0.05, 0.1) is 19.6 Å². The molecule has 1 fully saturated rings. The van der Waals surface area contributed by atoms with Crippen LogP contribution in [-0.2, 0) is 16.1 Å². The molecule has 2 heterocycles. The van der Waals surface area contributed by atoms with E-state index in [-0.39, 0.29) is 11.4 Å². The van der Waals surface area contributed by atoms with E-state index in [1.165, 1.54) is 12.0 Å². The molecule has 1 aromatic heterocycles. The fourth-order valence-corrected chi connectivity index (χ4v) is 3.24. The van der Waals surface area contributed by atoms with Crippen molar-refractivity contribution in [2.24, 2.45) is 5.41 Å². The summed E-state index contributed by atoms with van der Waals surface area (Å²) in [6.45, 7) is 4.56. The molecule has 0 N–H and O–H groups in total. The van der Waals surface area contributed by atoms with Crippen LogP contribution in [0.4, 0.5) is 0 Å². The number of nitrogens with zero attached hydrogens (tertiary/aromatic N) is 1. The first-order valence-corrected chi connectivity index (χ1v) is 6.82. The number of thiophene rings is 1. The summed E-state index contributed by atoms with van der Waals surface area (Å²) in [4.78, 5) is 15.3. The second-order valence-corrected chi connectivity index (χ2v) is 6.07. The Morgan fingerprint density at radius 1 is 1.50 bits per heavy atom. The minimum Gasteiger partial charge on any atom is -0.487 e. The van der Waals surface area contributed by atoms with Gasteiger partial charge in [-0.1, -0.05) is 0 Å². The van der Waals surface area contributed by atoms with Gasteiger partial charge >= 0.3 is 5.97 Å². The monoisotopic (exact) mass is 269 g/mol. The highest BCUT2D eigenvalue weighted by molar-refractivity contribution is 7.13. The minimum absolute atomic E-state index is 0.103. The summed E-state index contributed by atoms with van der Waals surface area (Å²) < 4.78 is 10.1. The van der Waals surface area contributed by atoms with Crippen LogP contribution in [-0.4, -0.2) is 38.2 Å². The number of ether oxygens (including phenoxy) is 2. The lowest BCUT2D eigenvalue weighted by Crippen LogP contribution is -2.32. The number of hydrogen-bond donors (Lipinski definition) is 0. The Bertz CT molecular complexity index is 432. The fourth-order valence-electron chi connectivity index (χ4n) is 2.38. The maximum Gasteiger partial charge on any atom is 0.312 e. The Labute approximate surface area is 111 Å². The molecule has 0 unspecified atom stereocenters. The number of carbonyl (C=O) groups is 1. The molecule has 1 saturated heterocycles. The van der Waals surface area contributed by atoms with Gasteiger partial charge in [-0.15, -0.1) is 11.3 Å². The molecule has 0 radical (unpaired) electrons. The maximum absolute atomic E-state index is 11.7. The second kappa shape index (κ2) is 5.28. The third-order valence-corrected chi connectivity index (χ3v) is 4.48. The lowest BCUT2D eigenvalue weighted by molar-refractivity contribution is -0.151. The van der Waals surface area contributed by atoms with Gasteiger partial charge in [0.25, 0.3) is 0 Å². The van der Waals surface area contributed by atoms with Gasteiger partial charge in [-0.05, 0) is 32.0 Å². The van der Waals surface area contributed by atoms with Crippen molar-refractivity contribution in [3.05, 3.63) is 17.0 Å². The number of rotatable bonds is 4. The summed E-state index contributed by atoms with van der Waals surface area (Å²) in [6, 6.07) is 4.06. The van der Waals surface area contributed by atoms with Crippen LogP contribution in [0, 0.1) is 5.41 Å². The van der Waals surface area contributed by atoms with Crippen LogP contribution in [0.5, 0.6) is 5.06 Å². The summed E-state index contributed by atoms with van der Waals surface area (Å²) in [7, 11) is 3.14. The molecule has 5 heteroatoms. The Hall–Kier alpha value is -1.07. The molecule has 0 amide bonds. The first-order valence-electron chi connectivity index (χ1n) is 6.01. The third kappa shape index (κ3) is 2.67. The highest BCUT2D eigenvalue weighted by atomic mass is 32.1. The second-order valence-electron chi connectivity index (χ2n) is 4.94. The van der Waals surface area contributed by atoms with Crippen LogP contribution < -0.4 is 4.74 Å². The molecule has 100 valence electrons. The lowest BCUT2D eigenvalue weighted by Gasteiger charge is -2.21. The molecule has 18 heavy (non-hydrogen) atoms. The van der Waals surface area contributed by atoms with Gasteiger partial charge in [0.15, 0.2) is 5.06 Å². The quantitative estimate of drug-likeness (QED) is 0.785. The summed E-state index contributed by atoms with van der Waals surface area (Å²) in [6.07, 6.45) is 0.863. The van der Waals surface area contributed by atoms with Crippen molar-refractivity contribution in [3.63, 3.8) is 0 Å². The lowest BCUT2D eigenvalue weighted by atomic mass is 9.90. The SMILES string of the molecule is COC(=O)[C@]1(C)CCN(Cc2ccc(OC)s2)C1. The van der Waals surface area contributed by atoms with Gasteiger partial charge in [0, 0.05) is 18.0 Å². The predicted molar refractivity (Wildman–Crippen MR) is 70.9 cm³/mol. The van der Waals surface area contributed by atoms with Gasteiger partial charge in [0.2, 0.25) is 0 Å². The van der Waals surface area contributed by atoms with E-state index >= 15 is 0 Å². The third-order valence-electron chi connectivity index (χ3n) is 3.45. The number of carbonyl (C=O) groups excluding carboxylic acids is 1. The molecule has 1 aliphatic rings. The van der Waals surface area contributed by atoms with Gasteiger partial charge in [-0.3, -0.25) is 9.69 Å². The zero-order valence-electron chi connectivity index (χ0n) is 11.1. The van der Waals surface area contributed by atoms with Gasteiger partial charge in [-0.25, -0.2) is 0 Å². The molecule has 0 saturated carbocycles. The summed E-state index contributed by atoms with van der Waals surface area (Å²) in [5.74, 6) is -0.103. The van der Waals surface area contributed by atoms with E-state index in [0.29, 0.717) is 0 Å². The zero-order chi connectivity index (χ0) is 13.2. The van der Waals surface area contributed by atoms with E-state index in [9.17, 15) is 4.79 Å². The minimum atomic E-state index is -0.351. The molecule has 0 aromatic carbocycles. The van der Waals surface area contributed by atoms with Crippen LogP contribution in [0.2, 0.25) is 0 Å². The number of esters is 1. The van der Waals surface area contributed by atoms with Crippen LogP contribution >= 0.6 is 11.3 Å². The van der Waals surface area contributed by atoms with Crippen LogP contribution in [0.3, 0.4) is 0 Å². The average Bonchev–Trinajstić information content (AvgIpc) is 2.96. The molecule has 1 aliphatic heterocycles. The van der Waals surface area contributed by atoms with E-state index in [1.54, 1.807) is 18.4 Å². The molecule has 1 aromatic rings. The summed E-state index contributed by atoms with van der Waals surface area (Å²) in [5.41, 5.74) is -0.351. The maximum atomic E-state index is 11.7. The van der Waals surface area contributed by atoms with Gasteiger partial charge in [-0.2, -0.15) is 0 Å². The Morgan fingerprint density at radius 3 is 2.89 bits per heavy atom. The van der Waals surface area contributed by atoms with Crippen LogP contribution in [0.15, 0.2) is 12.1 Å². The van der Waals surface area contributed by atoms with Crippen molar-refractivity contribution >= 4 is 17.3 Å². The molecule has 0 spiro atoms. The number of hydrogen-bond acceptors (Lipinski definition) is 5. The van der Waals surface area contributed by atoms with E-state index in [2.05, 4.69) is 11.0 Å². The Kier molecular flexibility index (Phi) is 3.92. The van der Waals surface area contributed by atoms with Crippen molar-refractivity contribution in [3.8, 4) is 5.06 Å². The van der Waals surface area contributed by atoms with Crippen molar-refractivity contribution in [2.75, 3.05) is 27.3 Å². The number of methoxy groups -OCH3 is 2. The predicted octanol–water partition coefficient (Wildman–Crippen LogP) is 2.14. The molecular formula is C13H19NO3S. The topological polar surface area (TPSA) is 38.8 Å². The number of likely N-dealkylation sites (tertiary alicyclic amines) is 1. The molecule has 1 atom stereocenters. The molecule has 4 nitrogen and oxygen atoms in total. The fraction of sp³-hybridized carbons (Fsp3) is 0.615. The van der Waals surface area contributed by atoms with Crippen LogP contribution in [0.1, 0.15) is 18.2 Å². The largest absolute Gasteiger partial charge is 0.487 e. The highest BCUT2D eigenvalue weighted by Crippen LogP contribution is 2.33. The normalized spacial score (nSPS) is 24.2. The van der Waals surface area contributed by atoms with E-state index in [1.807, 2.05) is 13.0 Å². The van der Waals surface area contributed by atoms with Crippen molar-refractivity contribution in [1.29, 1.82) is 0 Å². The zero-order valence-corrected chi connectivity index (χ0v) is 11.9. The standard InChI is InChI=1S/C13H19NO3S/c1-13(12(15)17-3)6-7-14(9-13)8-10-4-5-11(16-2)18-10/h4-5H,6-9H2,1-3H3/t13-/m1/s1. The summed E-state index contributed by atoms with van der Waals surface area (Å²) in [5, 5.41) is 0.930. The molecular weight excluding hydrogens is 250 g/mol. The smallest absolute Gasteiger partial charge is 0.312 e. The van der Waals surface area contributed by atoms with E-state index < -0.39 is 0 Å². The van der Waals surface area contributed by atoms with Crippen molar-refractivity contribution in [1.82, 2.24) is 4.90 Å². The molecule has 0 aliphatic carbocycles. The first-order chi connectivity index (χ1) is 8.57. The van der Waals surface area contributed by atoms with E-state index in [0.717, 1.165) is 31.1 Å². The van der Waals surface area contributed by atoms with E-state index in [4.69, 9.17) is 9.47 Å². The van der Waals surface area contributed by atoms with Crippen molar-refractivity contribution < 1.29 is 14.3 Å². The molecule has 0 bridgehead atoms. The van der Waals surface area contributed by atoms with Gasteiger partial charge in [0.1, 0.15) is 0 Å². The first kappa shape index (κ1) is 13.4.